The van der Waals surface area contributed by atoms with Gasteiger partial charge in [0.25, 0.3) is 0 Å². The summed E-state index contributed by atoms with van der Waals surface area (Å²) in [6, 6.07) is 3.81. The molecule has 0 saturated carbocycles. The smallest absolute Gasteiger partial charge is 0.147 e. The predicted molar refractivity (Wildman–Crippen MR) is 57.4 cm³/mol. The first kappa shape index (κ1) is 9.55. The number of halogens is 1. The van der Waals surface area contributed by atoms with E-state index >= 15 is 0 Å². The third kappa shape index (κ3) is 1.91. The van der Waals surface area contributed by atoms with Crippen LogP contribution in [0.5, 0.6) is 0 Å². The van der Waals surface area contributed by atoms with Crippen LogP contribution in [0.15, 0.2) is 24.5 Å². The van der Waals surface area contributed by atoms with Crippen LogP contribution in [0.3, 0.4) is 0 Å². The van der Waals surface area contributed by atoms with Gasteiger partial charge in [-0.05, 0) is 19.1 Å². The molecule has 0 spiro atoms. The molecular formula is C9H8ClN3S. The van der Waals surface area contributed by atoms with Crippen LogP contribution in [0.2, 0.25) is 0 Å². The Labute approximate surface area is 90.8 Å². The zero-order valence-corrected chi connectivity index (χ0v) is 9.09. The average molecular weight is 226 g/mol. The Kier molecular flexibility index (Phi) is 2.74. The van der Waals surface area contributed by atoms with Gasteiger partial charge in [0.05, 0.1) is 5.38 Å². The van der Waals surface area contributed by atoms with Gasteiger partial charge in [-0.1, -0.05) is 11.3 Å². The van der Waals surface area contributed by atoms with E-state index in [4.69, 9.17) is 11.6 Å². The third-order valence-corrected chi connectivity index (χ3v) is 3.20. The molecule has 2 heterocycles. The van der Waals surface area contributed by atoms with E-state index in [-0.39, 0.29) is 5.38 Å². The maximum absolute atomic E-state index is 5.90. The molecule has 3 nitrogen and oxygen atoms in total. The van der Waals surface area contributed by atoms with Crippen LogP contribution in [-0.4, -0.2) is 15.2 Å². The van der Waals surface area contributed by atoms with Crippen molar-refractivity contribution in [2.24, 2.45) is 0 Å². The summed E-state index contributed by atoms with van der Waals surface area (Å²) in [6.07, 6.45) is 3.47. The van der Waals surface area contributed by atoms with E-state index < -0.39 is 0 Å². The first-order chi connectivity index (χ1) is 6.77. The number of rotatable bonds is 2. The lowest BCUT2D eigenvalue weighted by Gasteiger charge is -1.92. The summed E-state index contributed by atoms with van der Waals surface area (Å²) in [4.78, 5) is 3.94. The average Bonchev–Trinajstić information content (AvgIpc) is 2.68. The predicted octanol–water partition coefficient (Wildman–Crippen LogP) is 2.90. The summed E-state index contributed by atoms with van der Waals surface area (Å²) >= 11 is 7.41. The van der Waals surface area contributed by atoms with E-state index in [1.165, 1.54) is 11.3 Å². The Balaban J connectivity index is 2.34. The summed E-state index contributed by atoms with van der Waals surface area (Å²) in [5, 5.41) is 9.72. The molecule has 2 aromatic heterocycles. The Morgan fingerprint density at radius 2 is 2.00 bits per heavy atom. The molecule has 0 saturated heterocycles. The number of alkyl halides is 1. The highest BCUT2D eigenvalue weighted by Gasteiger charge is 2.09. The standard InChI is InChI=1S/C9H8ClN3S/c1-6(10)8-12-13-9(14-8)7-2-4-11-5-3-7/h2-6H,1H3. The number of hydrogen-bond donors (Lipinski definition) is 0. The Bertz CT molecular complexity index is 413. The van der Waals surface area contributed by atoms with Crippen LogP contribution in [0.25, 0.3) is 10.6 Å². The van der Waals surface area contributed by atoms with Crippen molar-refractivity contribution in [2.75, 3.05) is 0 Å². The molecule has 0 aliphatic carbocycles. The number of pyridine rings is 1. The van der Waals surface area contributed by atoms with Gasteiger partial charge in [0, 0.05) is 18.0 Å². The van der Waals surface area contributed by atoms with Gasteiger partial charge in [-0.25, -0.2) is 0 Å². The molecule has 0 fully saturated rings. The topological polar surface area (TPSA) is 38.7 Å². The van der Waals surface area contributed by atoms with Crippen molar-refractivity contribution in [1.82, 2.24) is 15.2 Å². The monoisotopic (exact) mass is 225 g/mol. The van der Waals surface area contributed by atoms with Crippen LogP contribution in [0.4, 0.5) is 0 Å². The Morgan fingerprint density at radius 1 is 1.29 bits per heavy atom. The molecule has 1 atom stereocenters. The largest absolute Gasteiger partial charge is 0.265 e. The normalized spacial score (nSPS) is 12.7. The van der Waals surface area contributed by atoms with Crippen LogP contribution in [0.1, 0.15) is 17.3 Å². The quantitative estimate of drug-likeness (QED) is 0.738. The van der Waals surface area contributed by atoms with Crippen molar-refractivity contribution in [3.05, 3.63) is 29.5 Å². The molecule has 0 aliphatic rings. The number of nitrogens with zero attached hydrogens (tertiary/aromatic N) is 3. The summed E-state index contributed by atoms with van der Waals surface area (Å²) in [5.74, 6) is 0. The van der Waals surface area contributed by atoms with Gasteiger partial charge in [0.15, 0.2) is 0 Å². The van der Waals surface area contributed by atoms with Crippen molar-refractivity contribution in [3.63, 3.8) is 0 Å². The Hall–Kier alpha value is -1.000. The first-order valence-corrected chi connectivity index (χ1v) is 5.40. The molecule has 2 rings (SSSR count). The second-order valence-electron chi connectivity index (χ2n) is 2.80. The van der Waals surface area contributed by atoms with E-state index in [9.17, 15) is 0 Å². The molecule has 72 valence electrons. The van der Waals surface area contributed by atoms with Gasteiger partial charge in [0.2, 0.25) is 0 Å². The van der Waals surface area contributed by atoms with E-state index in [2.05, 4.69) is 15.2 Å². The minimum Gasteiger partial charge on any atom is -0.265 e. The maximum Gasteiger partial charge on any atom is 0.147 e. The number of hydrogen-bond acceptors (Lipinski definition) is 4. The highest BCUT2D eigenvalue weighted by molar-refractivity contribution is 7.15. The minimum absolute atomic E-state index is 0.0805. The second-order valence-corrected chi connectivity index (χ2v) is 4.46. The second kappa shape index (κ2) is 4.02. The molecule has 0 aromatic carbocycles. The molecular weight excluding hydrogens is 218 g/mol. The Morgan fingerprint density at radius 3 is 2.57 bits per heavy atom. The van der Waals surface area contributed by atoms with Gasteiger partial charge in [-0.3, -0.25) is 4.98 Å². The summed E-state index contributed by atoms with van der Waals surface area (Å²) < 4.78 is 0. The van der Waals surface area contributed by atoms with Gasteiger partial charge in [-0.2, -0.15) is 0 Å². The van der Waals surface area contributed by atoms with Crippen molar-refractivity contribution >= 4 is 22.9 Å². The lowest BCUT2D eigenvalue weighted by atomic mass is 10.3. The minimum atomic E-state index is -0.0805. The zero-order valence-electron chi connectivity index (χ0n) is 7.51. The van der Waals surface area contributed by atoms with E-state index in [0.717, 1.165) is 15.6 Å². The highest BCUT2D eigenvalue weighted by atomic mass is 35.5. The third-order valence-electron chi connectivity index (χ3n) is 1.71. The molecule has 0 amide bonds. The molecule has 0 bridgehead atoms. The molecule has 2 aromatic rings. The summed E-state index contributed by atoms with van der Waals surface area (Å²) in [5.41, 5.74) is 1.03. The lowest BCUT2D eigenvalue weighted by Crippen LogP contribution is -1.80. The molecule has 1 unspecified atom stereocenters. The fraction of sp³-hybridized carbons (Fsp3) is 0.222. The fourth-order valence-electron chi connectivity index (χ4n) is 1.01. The first-order valence-electron chi connectivity index (χ1n) is 4.15. The van der Waals surface area contributed by atoms with Gasteiger partial charge in [-0.15, -0.1) is 21.8 Å². The SMILES string of the molecule is CC(Cl)c1nnc(-c2ccncc2)s1. The number of aromatic nitrogens is 3. The molecule has 14 heavy (non-hydrogen) atoms. The molecule has 0 N–H and O–H groups in total. The van der Waals surface area contributed by atoms with Crippen LogP contribution < -0.4 is 0 Å². The van der Waals surface area contributed by atoms with Gasteiger partial charge in [0.1, 0.15) is 10.0 Å². The van der Waals surface area contributed by atoms with Crippen LogP contribution >= 0.6 is 22.9 Å². The lowest BCUT2D eigenvalue weighted by molar-refractivity contribution is 0.962. The van der Waals surface area contributed by atoms with Crippen molar-refractivity contribution in [2.45, 2.75) is 12.3 Å². The fourth-order valence-corrected chi connectivity index (χ4v) is 1.96. The van der Waals surface area contributed by atoms with Crippen LogP contribution in [-0.2, 0) is 0 Å². The van der Waals surface area contributed by atoms with E-state index in [0.29, 0.717) is 0 Å². The highest BCUT2D eigenvalue weighted by Crippen LogP contribution is 2.28. The van der Waals surface area contributed by atoms with E-state index in [1.54, 1.807) is 12.4 Å². The van der Waals surface area contributed by atoms with Crippen LogP contribution in [0, 0.1) is 0 Å². The van der Waals surface area contributed by atoms with Crippen molar-refractivity contribution < 1.29 is 0 Å². The summed E-state index contributed by atoms with van der Waals surface area (Å²) in [6.45, 7) is 1.89. The van der Waals surface area contributed by atoms with E-state index in [1.807, 2.05) is 19.1 Å². The van der Waals surface area contributed by atoms with Crippen molar-refractivity contribution in [3.8, 4) is 10.6 Å². The maximum atomic E-state index is 5.90. The summed E-state index contributed by atoms with van der Waals surface area (Å²) in [7, 11) is 0. The van der Waals surface area contributed by atoms with Crippen molar-refractivity contribution in [1.29, 1.82) is 0 Å². The molecule has 0 aliphatic heterocycles. The zero-order chi connectivity index (χ0) is 9.97. The molecule has 0 radical (unpaired) electrons. The molecule has 5 heteroatoms. The van der Waals surface area contributed by atoms with Gasteiger partial charge < -0.3 is 0 Å². The van der Waals surface area contributed by atoms with Gasteiger partial charge >= 0.3 is 0 Å².